The molecule has 0 radical (unpaired) electrons. The van der Waals surface area contributed by atoms with Crippen LogP contribution in [0.25, 0.3) is 0 Å². The minimum atomic E-state index is -0.424. The van der Waals surface area contributed by atoms with E-state index in [1.807, 2.05) is 13.8 Å². The van der Waals surface area contributed by atoms with Crippen molar-refractivity contribution >= 4 is 5.91 Å². The summed E-state index contributed by atoms with van der Waals surface area (Å²) < 4.78 is 0. The predicted molar refractivity (Wildman–Crippen MR) is 67.4 cm³/mol. The van der Waals surface area contributed by atoms with E-state index >= 15 is 0 Å². The van der Waals surface area contributed by atoms with E-state index in [1.54, 1.807) is 0 Å². The van der Waals surface area contributed by atoms with Gasteiger partial charge in [0.1, 0.15) is 0 Å². The van der Waals surface area contributed by atoms with Crippen LogP contribution in [0.15, 0.2) is 0 Å². The summed E-state index contributed by atoms with van der Waals surface area (Å²) in [6.45, 7) is 15.7. The molecule has 1 unspecified atom stereocenters. The second kappa shape index (κ2) is 3.73. The van der Waals surface area contributed by atoms with Gasteiger partial charge in [0.2, 0.25) is 5.91 Å². The Balaban J connectivity index is 3.08. The van der Waals surface area contributed by atoms with Gasteiger partial charge >= 0.3 is 0 Å². The SMILES string of the molecule is CCC1(C)CN(C(C)(C)C)C(C)(C)C(=O)N1. The molecule has 1 N–H and O–H groups in total. The van der Waals surface area contributed by atoms with Gasteiger partial charge in [0.25, 0.3) is 0 Å². The Labute approximate surface area is 99.6 Å². The van der Waals surface area contributed by atoms with Crippen LogP contribution >= 0.6 is 0 Å². The van der Waals surface area contributed by atoms with Crippen molar-refractivity contribution in [3.05, 3.63) is 0 Å². The van der Waals surface area contributed by atoms with Crippen LogP contribution in [-0.4, -0.2) is 34.0 Å². The van der Waals surface area contributed by atoms with Gasteiger partial charge < -0.3 is 5.32 Å². The van der Waals surface area contributed by atoms with Gasteiger partial charge in [-0.1, -0.05) is 6.92 Å². The van der Waals surface area contributed by atoms with E-state index in [9.17, 15) is 4.79 Å². The molecule has 1 fully saturated rings. The lowest BCUT2D eigenvalue weighted by atomic mass is 9.84. The van der Waals surface area contributed by atoms with Crippen molar-refractivity contribution in [1.82, 2.24) is 10.2 Å². The van der Waals surface area contributed by atoms with Gasteiger partial charge in [0, 0.05) is 17.6 Å². The molecule has 0 aromatic carbocycles. The number of rotatable bonds is 1. The molecule has 0 spiro atoms. The standard InChI is InChI=1S/C13H26N2O/c1-8-13(7)9-15(11(2,3)4)12(5,6)10(16)14-13/h8-9H2,1-7H3,(H,14,16). The van der Waals surface area contributed by atoms with E-state index in [-0.39, 0.29) is 17.0 Å². The average Bonchev–Trinajstić information content (AvgIpc) is 2.10. The van der Waals surface area contributed by atoms with Crippen molar-refractivity contribution in [3.8, 4) is 0 Å². The van der Waals surface area contributed by atoms with Gasteiger partial charge in [-0.2, -0.15) is 0 Å². The van der Waals surface area contributed by atoms with Gasteiger partial charge in [0.05, 0.1) is 5.54 Å². The number of hydrogen-bond acceptors (Lipinski definition) is 2. The molecule has 0 aliphatic carbocycles. The summed E-state index contributed by atoms with van der Waals surface area (Å²) in [6.07, 6.45) is 0.960. The molecule has 1 amide bonds. The maximum Gasteiger partial charge on any atom is 0.240 e. The quantitative estimate of drug-likeness (QED) is 0.743. The number of nitrogens with zero attached hydrogens (tertiary/aromatic N) is 1. The fourth-order valence-corrected chi connectivity index (χ4v) is 2.41. The van der Waals surface area contributed by atoms with Gasteiger partial charge in [-0.25, -0.2) is 0 Å². The Kier molecular flexibility index (Phi) is 3.14. The van der Waals surface area contributed by atoms with Gasteiger partial charge in [0.15, 0.2) is 0 Å². The van der Waals surface area contributed by atoms with E-state index in [0.717, 1.165) is 13.0 Å². The Bertz CT molecular complexity index is 291. The van der Waals surface area contributed by atoms with Crippen LogP contribution in [0.5, 0.6) is 0 Å². The topological polar surface area (TPSA) is 32.3 Å². The first-order valence-electron chi connectivity index (χ1n) is 6.13. The van der Waals surface area contributed by atoms with Gasteiger partial charge in [-0.05, 0) is 48.0 Å². The highest BCUT2D eigenvalue weighted by Crippen LogP contribution is 2.32. The summed E-state index contributed by atoms with van der Waals surface area (Å²) in [5.41, 5.74) is -0.509. The first-order valence-corrected chi connectivity index (χ1v) is 6.13. The highest BCUT2D eigenvalue weighted by atomic mass is 16.2. The lowest BCUT2D eigenvalue weighted by Gasteiger charge is -2.54. The van der Waals surface area contributed by atoms with Gasteiger partial charge in [-0.15, -0.1) is 0 Å². The fraction of sp³-hybridized carbons (Fsp3) is 0.923. The number of carbonyl (C=O) groups excluding carboxylic acids is 1. The molecule has 0 saturated carbocycles. The molecular weight excluding hydrogens is 200 g/mol. The monoisotopic (exact) mass is 226 g/mol. The van der Waals surface area contributed by atoms with Crippen molar-refractivity contribution in [2.45, 2.75) is 71.5 Å². The van der Waals surface area contributed by atoms with E-state index in [1.165, 1.54) is 0 Å². The number of amides is 1. The molecule has 1 aliphatic heterocycles. The summed E-state index contributed by atoms with van der Waals surface area (Å²) in [7, 11) is 0. The maximum absolute atomic E-state index is 12.2. The first kappa shape index (κ1) is 13.5. The average molecular weight is 226 g/mol. The van der Waals surface area contributed by atoms with Crippen LogP contribution in [0.3, 0.4) is 0 Å². The second-order valence-corrected chi connectivity index (χ2v) is 6.68. The molecule has 1 aliphatic rings. The number of hydrogen-bond donors (Lipinski definition) is 1. The minimum Gasteiger partial charge on any atom is -0.348 e. The zero-order valence-corrected chi connectivity index (χ0v) is 11.8. The minimum absolute atomic E-state index is 0.0116. The first-order chi connectivity index (χ1) is 7.03. The number of nitrogens with one attached hydrogen (secondary N) is 1. The number of piperazine rings is 1. The molecule has 94 valence electrons. The third-order valence-electron chi connectivity index (χ3n) is 3.74. The lowest BCUT2D eigenvalue weighted by molar-refractivity contribution is -0.146. The third-order valence-corrected chi connectivity index (χ3v) is 3.74. The Hall–Kier alpha value is -0.570. The van der Waals surface area contributed by atoms with E-state index in [0.29, 0.717) is 0 Å². The second-order valence-electron chi connectivity index (χ2n) is 6.68. The summed E-state index contributed by atoms with van der Waals surface area (Å²) >= 11 is 0. The molecule has 1 heterocycles. The molecule has 1 atom stereocenters. The van der Waals surface area contributed by atoms with Crippen LogP contribution in [0.4, 0.5) is 0 Å². The molecule has 1 rings (SSSR count). The largest absolute Gasteiger partial charge is 0.348 e. The van der Waals surface area contributed by atoms with Crippen molar-refractivity contribution in [1.29, 1.82) is 0 Å². The summed E-state index contributed by atoms with van der Waals surface area (Å²) in [4.78, 5) is 14.5. The van der Waals surface area contributed by atoms with Gasteiger partial charge in [-0.3, -0.25) is 9.69 Å². The Morgan fingerprint density at radius 2 is 1.81 bits per heavy atom. The summed E-state index contributed by atoms with van der Waals surface area (Å²) in [6, 6.07) is 0. The zero-order valence-electron chi connectivity index (χ0n) is 11.8. The van der Waals surface area contributed by atoms with E-state index < -0.39 is 5.54 Å². The Morgan fingerprint density at radius 1 is 1.31 bits per heavy atom. The third kappa shape index (κ3) is 2.24. The predicted octanol–water partition coefficient (Wildman–Crippen LogP) is 2.16. The maximum atomic E-state index is 12.2. The molecule has 3 heteroatoms. The van der Waals surface area contributed by atoms with Crippen molar-refractivity contribution in [2.24, 2.45) is 0 Å². The Morgan fingerprint density at radius 3 is 2.19 bits per heavy atom. The summed E-state index contributed by atoms with van der Waals surface area (Å²) in [5, 5.41) is 3.15. The van der Waals surface area contributed by atoms with Crippen molar-refractivity contribution in [2.75, 3.05) is 6.54 Å². The fourth-order valence-electron chi connectivity index (χ4n) is 2.41. The molecule has 0 aromatic rings. The highest BCUT2D eigenvalue weighted by molar-refractivity contribution is 5.87. The van der Waals surface area contributed by atoms with Crippen molar-refractivity contribution in [3.63, 3.8) is 0 Å². The molecular formula is C13H26N2O. The molecule has 3 nitrogen and oxygen atoms in total. The lowest BCUT2D eigenvalue weighted by Crippen LogP contribution is -2.73. The smallest absolute Gasteiger partial charge is 0.240 e. The number of carbonyl (C=O) groups is 1. The molecule has 1 saturated heterocycles. The summed E-state index contributed by atoms with van der Waals surface area (Å²) in [5.74, 6) is 0.137. The van der Waals surface area contributed by atoms with Crippen LogP contribution in [0.1, 0.15) is 54.9 Å². The zero-order chi connectivity index (χ0) is 12.8. The molecule has 0 bridgehead atoms. The van der Waals surface area contributed by atoms with Crippen LogP contribution < -0.4 is 5.32 Å². The normalized spacial score (nSPS) is 31.3. The molecule has 16 heavy (non-hydrogen) atoms. The van der Waals surface area contributed by atoms with E-state index in [4.69, 9.17) is 0 Å². The van der Waals surface area contributed by atoms with Crippen LogP contribution in [0, 0.1) is 0 Å². The van der Waals surface area contributed by atoms with Crippen LogP contribution in [0.2, 0.25) is 0 Å². The highest BCUT2D eigenvalue weighted by Gasteiger charge is 2.48. The molecule has 0 aromatic heterocycles. The van der Waals surface area contributed by atoms with Crippen LogP contribution in [-0.2, 0) is 4.79 Å². The van der Waals surface area contributed by atoms with Crippen molar-refractivity contribution < 1.29 is 4.79 Å². The van der Waals surface area contributed by atoms with E-state index in [2.05, 4.69) is 44.8 Å².